The van der Waals surface area contributed by atoms with Gasteiger partial charge in [-0.05, 0) is 36.0 Å². The fourth-order valence-corrected chi connectivity index (χ4v) is 2.08. The van der Waals surface area contributed by atoms with Gasteiger partial charge in [0.25, 0.3) is 0 Å². The van der Waals surface area contributed by atoms with Crippen LogP contribution in [0, 0.1) is 5.92 Å². The number of hydrogen-bond acceptors (Lipinski definition) is 2. The molecular weight excluding hydrogens is 216 g/mol. The van der Waals surface area contributed by atoms with Crippen LogP contribution in [0.5, 0.6) is 0 Å². The first-order chi connectivity index (χ1) is 8.16. The highest BCUT2D eigenvalue weighted by molar-refractivity contribution is 5.69. The minimum atomic E-state index is -0.712. The molecule has 1 unspecified atom stereocenters. The molecule has 1 aliphatic heterocycles. The SMILES string of the molecule is CC(CCc1ccc2c(c1)CCOC2)C(=O)O. The van der Waals surface area contributed by atoms with Gasteiger partial charge < -0.3 is 9.84 Å². The summed E-state index contributed by atoms with van der Waals surface area (Å²) < 4.78 is 5.39. The van der Waals surface area contributed by atoms with Crippen molar-refractivity contribution in [1.29, 1.82) is 0 Å². The summed E-state index contributed by atoms with van der Waals surface area (Å²) >= 11 is 0. The molecule has 1 aromatic carbocycles. The number of ether oxygens (including phenoxy) is 1. The van der Waals surface area contributed by atoms with Gasteiger partial charge in [0.1, 0.15) is 0 Å². The predicted octanol–water partition coefficient (Wildman–Crippen LogP) is 2.41. The Hall–Kier alpha value is -1.35. The van der Waals surface area contributed by atoms with Crippen molar-refractivity contribution in [2.75, 3.05) is 6.61 Å². The van der Waals surface area contributed by atoms with Crippen molar-refractivity contribution in [2.45, 2.75) is 32.8 Å². The van der Waals surface area contributed by atoms with Crippen LogP contribution in [0.25, 0.3) is 0 Å². The standard InChI is InChI=1S/C14H18O3/c1-10(14(15)16)2-3-11-4-5-13-9-17-7-6-12(13)8-11/h4-5,8,10H,2-3,6-7,9H2,1H3,(H,15,16). The van der Waals surface area contributed by atoms with Crippen molar-refractivity contribution < 1.29 is 14.6 Å². The maximum atomic E-state index is 10.7. The molecule has 0 fully saturated rings. The maximum absolute atomic E-state index is 10.7. The second-order valence-corrected chi connectivity index (χ2v) is 4.68. The van der Waals surface area contributed by atoms with Crippen molar-refractivity contribution in [1.82, 2.24) is 0 Å². The number of carbonyl (C=O) groups is 1. The van der Waals surface area contributed by atoms with Crippen molar-refractivity contribution in [3.63, 3.8) is 0 Å². The van der Waals surface area contributed by atoms with Gasteiger partial charge in [0.2, 0.25) is 0 Å². The number of aryl methyl sites for hydroxylation is 1. The zero-order chi connectivity index (χ0) is 12.3. The van der Waals surface area contributed by atoms with E-state index in [0.29, 0.717) is 13.0 Å². The number of carboxylic acid groups (broad SMARTS) is 1. The second kappa shape index (κ2) is 5.32. The molecule has 0 saturated heterocycles. The third-order valence-electron chi connectivity index (χ3n) is 3.33. The quantitative estimate of drug-likeness (QED) is 0.870. The molecule has 0 aromatic heterocycles. The topological polar surface area (TPSA) is 46.5 Å². The van der Waals surface area contributed by atoms with Crippen LogP contribution in [0.2, 0.25) is 0 Å². The average Bonchev–Trinajstić information content (AvgIpc) is 2.35. The lowest BCUT2D eigenvalue weighted by Gasteiger charge is -2.17. The number of rotatable bonds is 4. The lowest BCUT2D eigenvalue weighted by Crippen LogP contribution is -2.12. The molecule has 1 N–H and O–H groups in total. The van der Waals surface area contributed by atoms with Gasteiger partial charge in [0, 0.05) is 0 Å². The van der Waals surface area contributed by atoms with Crippen LogP contribution in [-0.4, -0.2) is 17.7 Å². The van der Waals surface area contributed by atoms with E-state index in [9.17, 15) is 4.79 Å². The number of aliphatic carboxylic acids is 1. The highest BCUT2D eigenvalue weighted by atomic mass is 16.5. The van der Waals surface area contributed by atoms with Crippen LogP contribution >= 0.6 is 0 Å². The van der Waals surface area contributed by atoms with Crippen LogP contribution < -0.4 is 0 Å². The van der Waals surface area contributed by atoms with Gasteiger partial charge in [-0.1, -0.05) is 25.1 Å². The molecule has 0 aliphatic carbocycles. The molecule has 0 spiro atoms. The fraction of sp³-hybridized carbons (Fsp3) is 0.500. The van der Waals surface area contributed by atoms with Gasteiger partial charge in [-0.15, -0.1) is 0 Å². The molecule has 1 aromatic rings. The number of fused-ring (bicyclic) bond motifs is 1. The van der Waals surface area contributed by atoms with Crippen molar-refractivity contribution in [3.05, 3.63) is 34.9 Å². The summed E-state index contributed by atoms with van der Waals surface area (Å²) in [7, 11) is 0. The Morgan fingerprint density at radius 2 is 2.29 bits per heavy atom. The molecule has 17 heavy (non-hydrogen) atoms. The Morgan fingerprint density at radius 3 is 3.06 bits per heavy atom. The predicted molar refractivity (Wildman–Crippen MR) is 64.9 cm³/mol. The van der Waals surface area contributed by atoms with Gasteiger partial charge >= 0.3 is 5.97 Å². The fourth-order valence-electron chi connectivity index (χ4n) is 2.08. The van der Waals surface area contributed by atoms with E-state index in [2.05, 4.69) is 18.2 Å². The first-order valence-corrected chi connectivity index (χ1v) is 6.08. The lowest BCUT2D eigenvalue weighted by molar-refractivity contribution is -0.141. The number of carboxylic acids is 1. The van der Waals surface area contributed by atoms with Crippen LogP contribution in [0.15, 0.2) is 18.2 Å². The van der Waals surface area contributed by atoms with Crippen LogP contribution in [0.4, 0.5) is 0 Å². The molecule has 0 amide bonds. The van der Waals surface area contributed by atoms with E-state index in [1.54, 1.807) is 6.92 Å². The first kappa shape index (κ1) is 12.1. The third-order valence-corrected chi connectivity index (χ3v) is 3.33. The van der Waals surface area contributed by atoms with Crippen molar-refractivity contribution in [3.8, 4) is 0 Å². The van der Waals surface area contributed by atoms with Crippen molar-refractivity contribution in [2.24, 2.45) is 5.92 Å². The minimum absolute atomic E-state index is 0.269. The average molecular weight is 234 g/mol. The minimum Gasteiger partial charge on any atom is -0.481 e. The Labute approximate surface area is 101 Å². The zero-order valence-corrected chi connectivity index (χ0v) is 10.1. The normalized spacial score (nSPS) is 16.3. The number of benzene rings is 1. The smallest absolute Gasteiger partial charge is 0.306 e. The van der Waals surface area contributed by atoms with E-state index >= 15 is 0 Å². The summed E-state index contributed by atoms with van der Waals surface area (Å²) in [6, 6.07) is 6.39. The van der Waals surface area contributed by atoms with Crippen LogP contribution in [-0.2, 0) is 29.0 Å². The van der Waals surface area contributed by atoms with Gasteiger partial charge in [-0.3, -0.25) is 4.79 Å². The summed E-state index contributed by atoms with van der Waals surface area (Å²) in [6.07, 6.45) is 2.50. The number of hydrogen-bond donors (Lipinski definition) is 1. The molecule has 92 valence electrons. The molecule has 1 heterocycles. The van der Waals surface area contributed by atoms with E-state index in [-0.39, 0.29) is 5.92 Å². The molecule has 0 saturated carbocycles. The van der Waals surface area contributed by atoms with E-state index in [1.807, 2.05) is 0 Å². The highest BCUT2D eigenvalue weighted by Crippen LogP contribution is 2.20. The maximum Gasteiger partial charge on any atom is 0.306 e. The van der Waals surface area contributed by atoms with Gasteiger partial charge in [0.05, 0.1) is 19.1 Å². The Kier molecular flexibility index (Phi) is 3.79. The molecule has 0 bridgehead atoms. The molecule has 1 aliphatic rings. The zero-order valence-electron chi connectivity index (χ0n) is 10.1. The second-order valence-electron chi connectivity index (χ2n) is 4.68. The molecular formula is C14H18O3. The molecule has 2 rings (SSSR count). The molecule has 0 radical (unpaired) electrons. The van der Waals surface area contributed by atoms with Gasteiger partial charge in [0.15, 0.2) is 0 Å². The van der Waals surface area contributed by atoms with E-state index < -0.39 is 5.97 Å². The third kappa shape index (κ3) is 3.07. The van der Waals surface area contributed by atoms with Gasteiger partial charge in [-0.25, -0.2) is 0 Å². The molecule has 3 nitrogen and oxygen atoms in total. The largest absolute Gasteiger partial charge is 0.481 e. The highest BCUT2D eigenvalue weighted by Gasteiger charge is 2.12. The summed E-state index contributed by atoms with van der Waals surface area (Å²) in [4.78, 5) is 10.7. The molecule has 1 atom stereocenters. The van der Waals surface area contributed by atoms with E-state index in [1.165, 1.54) is 16.7 Å². The monoisotopic (exact) mass is 234 g/mol. The summed E-state index contributed by atoms with van der Waals surface area (Å²) in [5.41, 5.74) is 3.86. The summed E-state index contributed by atoms with van der Waals surface area (Å²) in [5.74, 6) is -0.981. The van der Waals surface area contributed by atoms with Crippen molar-refractivity contribution >= 4 is 5.97 Å². The van der Waals surface area contributed by atoms with Crippen LogP contribution in [0.1, 0.15) is 30.0 Å². The van der Waals surface area contributed by atoms with E-state index in [4.69, 9.17) is 9.84 Å². The summed E-state index contributed by atoms with van der Waals surface area (Å²) in [6.45, 7) is 3.26. The molecule has 3 heteroatoms. The first-order valence-electron chi connectivity index (χ1n) is 6.08. The van der Waals surface area contributed by atoms with Crippen LogP contribution in [0.3, 0.4) is 0 Å². The Morgan fingerprint density at radius 1 is 1.47 bits per heavy atom. The van der Waals surface area contributed by atoms with E-state index in [0.717, 1.165) is 19.4 Å². The Balaban J connectivity index is 2.00. The lowest BCUT2D eigenvalue weighted by atomic mass is 9.96. The Bertz CT molecular complexity index is 412. The van der Waals surface area contributed by atoms with Gasteiger partial charge in [-0.2, -0.15) is 0 Å². The summed E-state index contributed by atoms with van der Waals surface area (Å²) in [5, 5.41) is 8.84.